The maximum Gasteiger partial charge on any atom is 0.161 e. The molecule has 0 fully saturated rings. The summed E-state index contributed by atoms with van der Waals surface area (Å²) in [4.78, 5) is 14.6. The highest BCUT2D eigenvalue weighted by Crippen LogP contribution is 2.33. The molecule has 0 unspecified atom stereocenters. The predicted molar refractivity (Wildman–Crippen MR) is 105 cm³/mol. The second-order valence-electron chi connectivity index (χ2n) is 6.26. The first-order chi connectivity index (χ1) is 12.8. The maximum atomic E-state index is 5.05. The molecule has 3 heterocycles. The van der Waals surface area contributed by atoms with Crippen molar-refractivity contribution in [1.82, 2.24) is 19.5 Å². The lowest BCUT2D eigenvalue weighted by molar-refractivity contribution is 0.966. The van der Waals surface area contributed by atoms with Gasteiger partial charge in [0, 0.05) is 29.8 Å². The van der Waals surface area contributed by atoms with Crippen LogP contribution in [0.5, 0.6) is 0 Å². The van der Waals surface area contributed by atoms with Gasteiger partial charge in [-0.1, -0.05) is 60.7 Å². The van der Waals surface area contributed by atoms with Crippen LogP contribution in [-0.2, 0) is 7.05 Å². The number of aryl methyl sites for hydroxylation is 1. The number of hydrogen-bond donors (Lipinski definition) is 0. The van der Waals surface area contributed by atoms with Crippen LogP contribution in [0.4, 0.5) is 0 Å². The average Bonchev–Trinajstić information content (AvgIpc) is 3.00. The van der Waals surface area contributed by atoms with Crippen molar-refractivity contribution in [2.24, 2.45) is 7.05 Å². The number of pyridine rings is 1. The molecule has 4 heteroatoms. The third-order valence-electron chi connectivity index (χ3n) is 4.65. The van der Waals surface area contributed by atoms with Gasteiger partial charge in [0.05, 0.1) is 11.4 Å². The molecule has 0 saturated heterocycles. The van der Waals surface area contributed by atoms with E-state index < -0.39 is 0 Å². The summed E-state index contributed by atoms with van der Waals surface area (Å²) >= 11 is 0. The lowest BCUT2D eigenvalue weighted by Gasteiger charge is -2.09. The Kier molecular flexibility index (Phi) is 3.28. The van der Waals surface area contributed by atoms with Crippen molar-refractivity contribution in [3.8, 4) is 22.5 Å². The minimum Gasteiger partial charge on any atom is -0.312 e. The van der Waals surface area contributed by atoms with Crippen molar-refractivity contribution in [3.63, 3.8) is 0 Å². The molecule has 0 aliphatic rings. The van der Waals surface area contributed by atoms with Crippen LogP contribution in [-0.4, -0.2) is 19.5 Å². The first kappa shape index (κ1) is 14.8. The van der Waals surface area contributed by atoms with Gasteiger partial charge in [-0.2, -0.15) is 0 Å². The number of rotatable bonds is 2. The molecule has 3 aromatic heterocycles. The minimum atomic E-state index is 0.845. The summed E-state index contributed by atoms with van der Waals surface area (Å²) in [5.74, 6) is 0. The Morgan fingerprint density at radius 3 is 1.92 bits per heavy atom. The smallest absolute Gasteiger partial charge is 0.161 e. The van der Waals surface area contributed by atoms with Gasteiger partial charge in [0.2, 0.25) is 0 Å². The Balaban J connectivity index is 1.92. The van der Waals surface area contributed by atoms with Gasteiger partial charge in [-0.15, -0.1) is 0 Å². The van der Waals surface area contributed by atoms with Gasteiger partial charge in [0.25, 0.3) is 0 Å². The van der Waals surface area contributed by atoms with Crippen molar-refractivity contribution < 1.29 is 0 Å². The van der Waals surface area contributed by atoms with E-state index in [0.29, 0.717) is 0 Å². The normalized spacial score (nSPS) is 11.3. The summed E-state index contributed by atoms with van der Waals surface area (Å²) in [6.07, 6.45) is 1.80. The van der Waals surface area contributed by atoms with Crippen LogP contribution in [0, 0.1) is 0 Å². The Morgan fingerprint density at radius 2 is 1.27 bits per heavy atom. The van der Waals surface area contributed by atoms with Gasteiger partial charge < -0.3 is 4.57 Å². The van der Waals surface area contributed by atoms with Crippen LogP contribution >= 0.6 is 0 Å². The maximum absolute atomic E-state index is 5.05. The summed E-state index contributed by atoms with van der Waals surface area (Å²) < 4.78 is 2.01. The van der Waals surface area contributed by atoms with E-state index in [1.807, 2.05) is 54.1 Å². The van der Waals surface area contributed by atoms with Crippen LogP contribution in [0.15, 0.2) is 79.0 Å². The second kappa shape index (κ2) is 5.77. The van der Waals surface area contributed by atoms with E-state index in [1.54, 1.807) is 6.20 Å². The molecule has 2 aromatic carbocycles. The van der Waals surface area contributed by atoms with E-state index in [-0.39, 0.29) is 0 Å². The molecular formula is C22H16N4. The van der Waals surface area contributed by atoms with Crippen LogP contribution in [0.3, 0.4) is 0 Å². The molecule has 0 atom stereocenters. The van der Waals surface area contributed by atoms with Crippen molar-refractivity contribution in [1.29, 1.82) is 0 Å². The van der Waals surface area contributed by atoms with E-state index in [0.717, 1.165) is 44.7 Å². The number of fused-ring (bicyclic) bond motifs is 3. The fourth-order valence-electron chi connectivity index (χ4n) is 3.39. The average molecular weight is 336 g/mol. The van der Waals surface area contributed by atoms with Crippen LogP contribution in [0.25, 0.3) is 44.7 Å². The highest BCUT2D eigenvalue weighted by atomic mass is 15.1. The van der Waals surface area contributed by atoms with Crippen molar-refractivity contribution in [2.75, 3.05) is 0 Å². The molecule has 0 bridgehead atoms. The Bertz CT molecular complexity index is 1220. The number of benzene rings is 2. The molecule has 0 aliphatic carbocycles. The first-order valence-electron chi connectivity index (χ1n) is 8.55. The van der Waals surface area contributed by atoms with Crippen molar-refractivity contribution >= 4 is 22.2 Å². The number of aromatic nitrogens is 4. The van der Waals surface area contributed by atoms with Gasteiger partial charge in [-0.05, 0) is 12.1 Å². The highest BCUT2D eigenvalue weighted by Gasteiger charge is 2.18. The molecule has 0 N–H and O–H groups in total. The van der Waals surface area contributed by atoms with Crippen molar-refractivity contribution in [2.45, 2.75) is 0 Å². The monoisotopic (exact) mass is 336 g/mol. The Morgan fingerprint density at radius 1 is 0.654 bits per heavy atom. The number of nitrogens with zero attached hydrogens (tertiary/aromatic N) is 4. The van der Waals surface area contributed by atoms with E-state index in [9.17, 15) is 0 Å². The van der Waals surface area contributed by atoms with Gasteiger partial charge in [0.1, 0.15) is 11.2 Å². The summed E-state index contributed by atoms with van der Waals surface area (Å²) in [6, 6.07) is 24.4. The Hall–Kier alpha value is -3.53. The standard InChI is InChI=1S/C22H16N4/c1-26-21-17(13-8-14-23-21)20-22(26)25-19(16-11-6-3-7-12-16)18(24-20)15-9-4-2-5-10-15/h2-14H,1H3. The summed E-state index contributed by atoms with van der Waals surface area (Å²) in [5.41, 5.74) is 6.51. The van der Waals surface area contributed by atoms with E-state index in [4.69, 9.17) is 9.97 Å². The largest absolute Gasteiger partial charge is 0.312 e. The van der Waals surface area contributed by atoms with Gasteiger partial charge in [-0.3, -0.25) is 0 Å². The second-order valence-corrected chi connectivity index (χ2v) is 6.26. The van der Waals surface area contributed by atoms with Gasteiger partial charge >= 0.3 is 0 Å². The van der Waals surface area contributed by atoms with Crippen molar-refractivity contribution in [3.05, 3.63) is 79.0 Å². The van der Waals surface area contributed by atoms with E-state index >= 15 is 0 Å². The first-order valence-corrected chi connectivity index (χ1v) is 8.55. The molecule has 4 nitrogen and oxygen atoms in total. The van der Waals surface area contributed by atoms with Crippen LogP contribution < -0.4 is 0 Å². The molecule has 0 amide bonds. The molecule has 0 radical (unpaired) electrons. The van der Waals surface area contributed by atoms with E-state index in [1.165, 1.54) is 0 Å². The zero-order valence-electron chi connectivity index (χ0n) is 14.3. The van der Waals surface area contributed by atoms with Crippen LogP contribution in [0.2, 0.25) is 0 Å². The summed E-state index contributed by atoms with van der Waals surface area (Å²) in [6.45, 7) is 0. The molecular weight excluding hydrogens is 320 g/mol. The SMILES string of the molecule is Cn1c2ncccc2c2nc(-c3ccccc3)c(-c3ccccc3)nc21. The van der Waals surface area contributed by atoms with Gasteiger partial charge in [-0.25, -0.2) is 15.0 Å². The fourth-order valence-corrected chi connectivity index (χ4v) is 3.39. The summed E-state index contributed by atoms with van der Waals surface area (Å²) in [5, 5.41) is 1.02. The topological polar surface area (TPSA) is 43.6 Å². The minimum absolute atomic E-state index is 0.845. The predicted octanol–water partition coefficient (Wildman–Crippen LogP) is 4.85. The molecule has 5 rings (SSSR count). The third-order valence-corrected chi connectivity index (χ3v) is 4.65. The molecule has 5 aromatic rings. The third kappa shape index (κ3) is 2.19. The zero-order chi connectivity index (χ0) is 17.5. The number of hydrogen-bond acceptors (Lipinski definition) is 3. The highest BCUT2D eigenvalue weighted by molar-refractivity contribution is 6.04. The molecule has 0 spiro atoms. The van der Waals surface area contributed by atoms with E-state index in [2.05, 4.69) is 35.3 Å². The fraction of sp³-hybridized carbons (Fsp3) is 0.0455. The molecule has 26 heavy (non-hydrogen) atoms. The molecule has 0 aliphatic heterocycles. The quantitative estimate of drug-likeness (QED) is 0.463. The Labute approximate surface area is 150 Å². The lowest BCUT2D eigenvalue weighted by Crippen LogP contribution is -1.97. The van der Waals surface area contributed by atoms with Gasteiger partial charge in [0.15, 0.2) is 5.65 Å². The molecule has 0 saturated carbocycles. The molecule has 124 valence electrons. The van der Waals surface area contributed by atoms with Crippen LogP contribution in [0.1, 0.15) is 0 Å². The summed E-state index contributed by atoms with van der Waals surface area (Å²) in [7, 11) is 1.99. The zero-order valence-corrected chi connectivity index (χ0v) is 14.3. The lowest BCUT2D eigenvalue weighted by atomic mass is 10.0.